The van der Waals surface area contributed by atoms with Gasteiger partial charge in [0.25, 0.3) is 5.88 Å². The van der Waals surface area contributed by atoms with Gasteiger partial charge in [-0.15, -0.1) is 11.8 Å². The zero-order valence-electron chi connectivity index (χ0n) is 10.6. The molecule has 1 aromatic rings. The minimum Gasteiger partial charge on any atom is -0.471 e. The summed E-state index contributed by atoms with van der Waals surface area (Å²) >= 11 is 1.82. The summed E-state index contributed by atoms with van der Waals surface area (Å²) in [6.45, 7) is 3.14. The van der Waals surface area contributed by atoms with E-state index in [0.717, 1.165) is 25.3 Å². The van der Waals surface area contributed by atoms with Gasteiger partial charge >= 0.3 is 0 Å². The van der Waals surface area contributed by atoms with Crippen LogP contribution in [0.25, 0.3) is 0 Å². The number of hydrogen-bond donors (Lipinski definition) is 0. The largest absolute Gasteiger partial charge is 0.471 e. The zero-order chi connectivity index (χ0) is 13.5. The van der Waals surface area contributed by atoms with Crippen LogP contribution < -0.4 is 4.74 Å². The summed E-state index contributed by atoms with van der Waals surface area (Å²) in [5.41, 5.74) is 0. The van der Waals surface area contributed by atoms with Crippen molar-refractivity contribution in [1.82, 2.24) is 9.88 Å². The summed E-state index contributed by atoms with van der Waals surface area (Å²) in [4.78, 5) is 16.9. The third-order valence-electron chi connectivity index (χ3n) is 3.58. The second-order valence-electron chi connectivity index (χ2n) is 5.10. The van der Waals surface area contributed by atoms with E-state index in [9.17, 15) is 9.18 Å². The number of carbonyl (C=O) groups excluding carboxylic acids is 1. The van der Waals surface area contributed by atoms with Crippen LogP contribution in [0.15, 0.2) is 18.3 Å². The standard InChI is InChI=1S/C13H15FN2O2S/c1-9(17)16-7-13(8-16)5-10(6-19-13)18-12-11(14)3-2-4-15-12/h2-4,10H,5-8H2,1H3. The van der Waals surface area contributed by atoms with Crippen LogP contribution in [0.3, 0.4) is 0 Å². The van der Waals surface area contributed by atoms with Crippen LogP contribution in [0.1, 0.15) is 13.3 Å². The first-order chi connectivity index (χ1) is 9.08. The SMILES string of the molecule is CC(=O)N1CC2(CC(Oc3ncccc3F)CS2)C1. The molecule has 0 N–H and O–H groups in total. The van der Waals surface area contributed by atoms with E-state index in [1.807, 2.05) is 16.7 Å². The second-order valence-corrected chi connectivity index (χ2v) is 6.59. The number of thioether (sulfide) groups is 1. The molecule has 2 aliphatic heterocycles. The first-order valence-electron chi connectivity index (χ1n) is 6.25. The van der Waals surface area contributed by atoms with E-state index in [1.165, 1.54) is 12.3 Å². The fourth-order valence-corrected chi connectivity index (χ4v) is 4.11. The Morgan fingerprint density at radius 3 is 3.11 bits per heavy atom. The van der Waals surface area contributed by atoms with Gasteiger partial charge < -0.3 is 9.64 Å². The van der Waals surface area contributed by atoms with Crippen molar-refractivity contribution in [3.63, 3.8) is 0 Å². The average Bonchev–Trinajstić information content (AvgIpc) is 2.74. The lowest BCUT2D eigenvalue weighted by Gasteiger charge is -2.47. The molecule has 1 atom stereocenters. The molecule has 0 saturated carbocycles. The molecule has 3 rings (SSSR count). The Morgan fingerprint density at radius 1 is 1.63 bits per heavy atom. The van der Waals surface area contributed by atoms with E-state index in [4.69, 9.17) is 4.74 Å². The van der Waals surface area contributed by atoms with Crippen LogP contribution in [-0.4, -0.2) is 45.5 Å². The predicted molar refractivity (Wildman–Crippen MR) is 70.7 cm³/mol. The molecule has 2 fully saturated rings. The number of halogens is 1. The Labute approximate surface area is 115 Å². The van der Waals surface area contributed by atoms with E-state index in [0.29, 0.717) is 0 Å². The normalized spacial score (nSPS) is 24.3. The van der Waals surface area contributed by atoms with Gasteiger partial charge in [0.1, 0.15) is 6.10 Å². The van der Waals surface area contributed by atoms with Crippen molar-refractivity contribution in [2.45, 2.75) is 24.2 Å². The molecular formula is C13H15FN2O2S. The third-order valence-corrected chi connectivity index (χ3v) is 5.16. The van der Waals surface area contributed by atoms with Crippen molar-refractivity contribution < 1.29 is 13.9 Å². The topological polar surface area (TPSA) is 42.4 Å². The molecule has 0 radical (unpaired) electrons. The number of likely N-dealkylation sites (tertiary alicyclic amines) is 1. The fraction of sp³-hybridized carbons (Fsp3) is 0.538. The first-order valence-corrected chi connectivity index (χ1v) is 7.23. The van der Waals surface area contributed by atoms with Crippen molar-refractivity contribution >= 4 is 17.7 Å². The maximum absolute atomic E-state index is 13.5. The van der Waals surface area contributed by atoms with Gasteiger partial charge in [-0.05, 0) is 12.1 Å². The van der Waals surface area contributed by atoms with Gasteiger partial charge in [-0.2, -0.15) is 0 Å². The summed E-state index contributed by atoms with van der Waals surface area (Å²) in [7, 11) is 0. The highest BCUT2D eigenvalue weighted by Gasteiger charge is 2.50. The molecule has 2 aliphatic rings. The van der Waals surface area contributed by atoms with Crippen molar-refractivity contribution in [1.29, 1.82) is 0 Å². The highest BCUT2D eigenvalue weighted by Crippen LogP contribution is 2.46. The Morgan fingerprint density at radius 2 is 2.42 bits per heavy atom. The number of carbonyl (C=O) groups is 1. The van der Waals surface area contributed by atoms with E-state index in [-0.39, 0.29) is 22.6 Å². The van der Waals surface area contributed by atoms with Gasteiger partial charge in [0.2, 0.25) is 5.91 Å². The van der Waals surface area contributed by atoms with E-state index in [2.05, 4.69) is 4.98 Å². The van der Waals surface area contributed by atoms with Gasteiger partial charge in [0.05, 0.1) is 4.75 Å². The molecule has 1 amide bonds. The molecule has 0 aromatic carbocycles. The number of ether oxygens (including phenoxy) is 1. The van der Waals surface area contributed by atoms with Crippen LogP contribution in [0, 0.1) is 5.82 Å². The summed E-state index contributed by atoms with van der Waals surface area (Å²) < 4.78 is 19.2. The number of hydrogen-bond acceptors (Lipinski definition) is 4. The average molecular weight is 282 g/mol. The van der Waals surface area contributed by atoms with Crippen LogP contribution in [0.2, 0.25) is 0 Å². The Balaban J connectivity index is 1.59. The molecule has 102 valence electrons. The molecule has 4 nitrogen and oxygen atoms in total. The molecule has 19 heavy (non-hydrogen) atoms. The van der Waals surface area contributed by atoms with E-state index in [1.54, 1.807) is 13.0 Å². The molecule has 2 saturated heterocycles. The number of amides is 1. The molecule has 1 unspecified atom stereocenters. The van der Waals surface area contributed by atoms with E-state index >= 15 is 0 Å². The summed E-state index contributed by atoms with van der Waals surface area (Å²) in [6, 6.07) is 2.89. The second kappa shape index (κ2) is 4.67. The van der Waals surface area contributed by atoms with Gasteiger partial charge in [-0.25, -0.2) is 9.37 Å². The maximum Gasteiger partial charge on any atom is 0.250 e. The van der Waals surface area contributed by atoms with Crippen LogP contribution >= 0.6 is 11.8 Å². The molecule has 0 bridgehead atoms. The summed E-state index contributed by atoms with van der Waals surface area (Å²) in [5.74, 6) is 0.591. The smallest absolute Gasteiger partial charge is 0.250 e. The van der Waals surface area contributed by atoms with Crippen molar-refractivity contribution in [3.8, 4) is 5.88 Å². The lowest BCUT2D eigenvalue weighted by molar-refractivity contribution is -0.134. The number of rotatable bonds is 2. The lowest BCUT2D eigenvalue weighted by atomic mass is 9.93. The monoisotopic (exact) mass is 282 g/mol. The summed E-state index contributed by atoms with van der Waals surface area (Å²) in [6.07, 6.45) is 2.35. The Kier molecular flexibility index (Phi) is 3.12. The lowest BCUT2D eigenvalue weighted by Crippen LogP contribution is -2.60. The molecular weight excluding hydrogens is 267 g/mol. The predicted octanol–water partition coefficient (Wildman–Crippen LogP) is 1.71. The third kappa shape index (κ3) is 2.41. The van der Waals surface area contributed by atoms with Gasteiger partial charge in [0, 0.05) is 38.4 Å². The van der Waals surface area contributed by atoms with Crippen LogP contribution in [-0.2, 0) is 4.79 Å². The minimum absolute atomic E-state index is 0.0245. The maximum atomic E-state index is 13.5. The molecule has 1 spiro atoms. The molecule has 0 aliphatic carbocycles. The number of nitrogens with zero attached hydrogens (tertiary/aromatic N) is 2. The number of aromatic nitrogens is 1. The van der Waals surface area contributed by atoms with Crippen molar-refractivity contribution in [2.75, 3.05) is 18.8 Å². The number of pyridine rings is 1. The highest BCUT2D eigenvalue weighted by molar-refractivity contribution is 8.01. The first kappa shape index (κ1) is 12.7. The molecule has 6 heteroatoms. The molecule has 1 aromatic heterocycles. The minimum atomic E-state index is -0.424. The summed E-state index contributed by atoms with van der Waals surface area (Å²) in [5, 5.41) is 0. The highest BCUT2D eigenvalue weighted by atomic mass is 32.2. The van der Waals surface area contributed by atoms with Crippen LogP contribution in [0.5, 0.6) is 5.88 Å². The van der Waals surface area contributed by atoms with Crippen molar-refractivity contribution in [2.24, 2.45) is 0 Å². The Bertz CT molecular complexity index is 505. The van der Waals surface area contributed by atoms with Gasteiger partial charge in [0.15, 0.2) is 5.82 Å². The Hall–Kier alpha value is -1.30. The molecule has 3 heterocycles. The van der Waals surface area contributed by atoms with E-state index < -0.39 is 5.82 Å². The van der Waals surface area contributed by atoms with Gasteiger partial charge in [-0.1, -0.05) is 0 Å². The van der Waals surface area contributed by atoms with Gasteiger partial charge in [-0.3, -0.25) is 4.79 Å². The fourth-order valence-electron chi connectivity index (χ4n) is 2.59. The van der Waals surface area contributed by atoms with Crippen molar-refractivity contribution in [3.05, 3.63) is 24.1 Å². The quantitative estimate of drug-likeness (QED) is 0.828. The van der Waals surface area contributed by atoms with Crippen LogP contribution in [0.4, 0.5) is 4.39 Å². The zero-order valence-corrected chi connectivity index (χ0v) is 11.5.